The number of methoxy groups -OCH3 is 2. The van der Waals surface area contributed by atoms with Gasteiger partial charge in [0.1, 0.15) is 5.70 Å². The summed E-state index contributed by atoms with van der Waals surface area (Å²) < 4.78 is 10.7. The van der Waals surface area contributed by atoms with Crippen LogP contribution in [-0.2, 0) is 9.59 Å². The number of anilines is 1. The second-order valence-corrected chi connectivity index (χ2v) is 7.62. The summed E-state index contributed by atoms with van der Waals surface area (Å²) in [6.07, 6.45) is 3.18. The van der Waals surface area contributed by atoms with Crippen LogP contribution in [0.1, 0.15) is 30.4 Å². The van der Waals surface area contributed by atoms with Crippen molar-refractivity contribution in [2.75, 3.05) is 32.2 Å². The fourth-order valence-corrected chi connectivity index (χ4v) is 4.11. The highest BCUT2D eigenvalue weighted by atomic mass is 16.5. The van der Waals surface area contributed by atoms with Crippen LogP contribution in [0.4, 0.5) is 5.69 Å². The van der Waals surface area contributed by atoms with Gasteiger partial charge in [-0.15, -0.1) is 0 Å². The van der Waals surface area contributed by atoms with Gasteiger partial charge in [0.2, 0.25) is 0 Å². The Labute approximate surface area is 176 Å². The summed E-state index contributed by atoms with van der Waals surface area (Å²) in [5.41, 5.74) is 3.31. The van der Waals surface area contributed by atoms with E-state index in [4.69, 9.17) is 9.47 Å². The molecule has 0 aliphatic carbocycles. The lowest BCUT2D eigenvalue weighted by molar-refractivity contribution is -0.120. The van der Waals surface area contributed by atoms with Crippen LogP contribution in [0, 0.1) is 6.92 Å². The number of amides is 2. The highest BCUT2D eigenvalue weighted by Gasteiger charge is 2.42. The number of imide groups is 1. The molecule has 0 atom stereocenters. The molecule has 1 fully saturated rings. The number of carbonyl (C=O) groups is 2. The van der Waals surface area contributed by atoms with E-state index in [0.717, 1.165) is 43.5 Å². The fourth-order valence-electron chi connectivity index (χ4n) is 4.11. The van der Waals surface area contributed by atoms with Gasteiger partial charge in [0, 0.05) is 19.2 Å². The summed E-state index contributed by atoms with van der Waals surface area (Å²) in [4.78, 5) is 30.4. The summed E-state index contributed by atoms with van der Waals surface area (Å²) in [7, 11) is 3.08. The van der Waals surface area contributed by atoms with Crippen LogP contribution >= 0.6 is 0 Å². The lowest BCUT2D eigenvalue weighted by atomic mass is 10.0. The van der Waals surface area contributed by atoms with Gasteiger partial charge in [-0.2, -0.15) is 0 Å². The van der Waals surface area contributed by atoms with Crippen LogP contribution in [0.15, 0.2) is 48.2 Å². The topological polar surface area (TPSA) is 59.1 Å². The standard InChI is InChI=1S/C24H26N2O4/c1-16-7-9-17(10-8-16)21-22(25-13-5-4-6-14-25)24(28)26(23(21)27)18-11-12-19(29-2)20(15-18)30-3/h7-12,15H,4-6,13-14H2,1-3H3. The molecule has 4 rings (SSSR count). The first-order valence-corrected chi connectivity index (χ1v) is 10.2. The smallest absolute Gasteiger partial charge is 0.282 e. The Morgan fingerprint density at radius 2 is 1.47 bits per heavy atom. The Morgan fingerprint density at radius 1 is 0.800 bits per heavy atom. The Hall–Kier alpha value is -3.28. The van der Waals surface area contributed by atoms with Gasteiger partial charge in [0.05, 0.1) is 25.5 Å². The third-order valence-corrected chi connectivity index (χ3v) is 5.70. The van der Waals surface area contributed by atoms with Gasteiger partial charge < -0.3 is 14.4 Å². The summed E-state index contributed by atoms with van der Waals surface area (Å²) in [5, 5.41) is 0. The largest absolute Gasteiger partial charge is 0.493 e. The van der Waals surface area contributed by atoms with Crippen molar-refractivity contribution in [2.45, 2.75) is 26.2 Å². The van der Waals surface area contributed by atoms with E-state index in [2.05, 4.69) is 4.90 Å². The fraction of sp³-hybridized carbons (Fsp3) is 0.333. The average molecular weight is 406 g/mol. The minimum Gasteiger partial charge on any atom is -0.493 e. The number of hydrogen-bond acceptors (Lipinski definition) is 5. The summed E-state index contributed by atoms with van der Waals surface area (Å²) in [6.45, 7) is 3.56. The molecular formula is C24H26N2O4. The minimum absolute atomic E-state index is 0.287. The molecule has 2 aliphatic rings. The first kappa shape index (κ1) is 20.0. The predicted octanol–water partition coefficient (Wildman–Crippen LogP) is 3.78. The molecule has 1 saturated heterocycles. The van der Waals surface area contributed by atoms with E-state index in [1.54, 1.807) is 25.3 Å². The zero-order chi connectivity index (χ0) is 21.3. The van der Waals surface area contributed by atoms with E-state index in [0.29, 0.717) is 28.5 Å². The quantitative estimate of drug-likeness (QED) is 0.708. The lowest BCUT2D eigenvalue weighted by Gasteiger charge is -2.29. The monoisotopic (exact) mass is 406 g/mol. The molecule has 2 amide bonds. The number of nitrogens with zero attached hydrogens (tertiary/aromatic N) is 2. The highest BCUT2D eigenvalue weighted by Crippen LogP contribution is 2.38. The van der Waals surface area contributed by atoms with Crippen molar-refractivity contribution in [1.82, 2.24) is 4.90 Å². The first-order valence-electron chi connectivity index (χ1n) is 10.2. The Bertz CT molecular complexity index is 1000. The molecule has 0 aromatic heterocycles. The normalized spacial score (nSPS) is 17.0. The van der Waals surface area contributed by atoms with Crippen molar-refractivity contribution in [3.63, 3.8) is 0 Å². The minimum atomic E-state index is -0.309. The zero-order valence-electron chi connectivity index (χ0n) is 17.6. The summed E-state index contributed by atoms with van der Waals surface area (Å²) in [5.74, 6) is 0.420. The summed E-state index contributed by atoms with van der Waals surface area (Å²) in [6, 6.07) is 12.8. The van der Waals surface area contributed by atoms with Crippen LogP contribution in [0.3, 0.4) is 0 Å². The molecule has 0 N–H and O–H groups in total. The Morgan fingerprint density at radius 3 is 2.10 bits per heavy atom. The highest BCUT2D eigenvalue weighted by molar-refractivity contribution is 6.45. The van der Waals surface area contributed by atoms with E-state index >= 15 is 0 Å². The van der Waals surface area contributed by atoms with E-state index in [9.17, 15) is 9.59 Å². The molecule has 30 heavy (non-hydrogen) atoms. The number of carbonyl (C=O) groups excluding carboxylic acids is 2. The van der Waals surface area contributed by atoms with Gasteiger partial charge in [0.25, 0.3) is 11.8 Å². The second-order valence-electron chi connectivity index (χ2n) is 7.62. The number of likely N-dealkylation sites (tertiary alicyclic amines) is 1. The van der Waals surface area contributed by atoms with E-state index < -0.39 is 0 Å². The molecule has 156 valence electrons. The van der Waals surface area contributed by atoms with Gasteiger partial charge in [-0.1, -0.05) is 29.8 Å². The van der Waals surface area contributed by atoms with E-state index in [1.165, 1.54) is 12.0 Å². The molecule has 2 aromatic rings. The van der Waals surface area contributed by atoms with Crippen molar-refractivity contribution < 1.29 is 19.1 Å². The van der Waals surface area contributed by atoms with Crippen LogP contribution in [-0.4, -0.2) is 44.0 Å². The average Bonchev–Trinajstić information content (AvgIpc) is 3.04. The number of ether oxygens (including phenoxy) is 2. The number of hydrogen-bond donors (Lipinski definition) is 0. The number of aryl methyl sites for hydroxylation is 1. The molecule has 6 nitrogen and oxygen atoms in total. The van der Waals surface area contributed by atoms with Gasteiger partial charge in [0.15, 0.2) is 11.5 Å². The van der Waals surface area contributed by atoms with Crippen molar-refractivity contribution in [3.8, 4) is 11.5 Å². The van der Waals surface area contributed by atoms with Gasteiger partial charge in [-0.3, -0.25) is 9.59 Å². The predicted molar refractivity (Wildman–Crippen MR) is 116 cm³/mol. The number of benzene rings is 2. The summed E-state index contributed by atoms with van der Waals surface area (Å²) >= 11 is 0. The van der Waals surface area contributed by atoms with E-state index in [1.807, 2.05) is 31.2 Å². The van der Waals surface area contributed by atoms with E-state index in [-0.39, 0.29) is 11.8 Å². The van der Waals surface area contributed by atoms with Crippen LogP contribution in [0.25, 0.3) is 5.57 Å². The van der Waals surface area contributed by atoms with Crippen molar-refractivity contribution in [3.05, 3.63) is 59.3 Å². The third-order valence-electron chi connectivity index (χ3n) is 5.70. The molecule has 0 spiro atoms. The van der Waals surface area contributed by atoms with Crippen molar-refractivity contribution >= 4 is 23.1 Å². The molecular weight excluding hydrogens is 380 g/mol. The second kappa shape index (κ2) is 8.22. The van der Waals surface area contributed by atoms with Crippen molar-refractivity contribution in [1.29, 1.82) is 0 Å². The molecule has 2 heterocycles. The maximum Gasteiger partial charge on any atom is 0.282 e. The maximum atomic E-state index is 13.6. The van der Waals surface area contributed by atoms with Crippen LogP contribution in [0.5, 0.6) is 11.5 Å². The van der Waals surface area contributed by atoms with Crippen LogP contribution < -0.4 is 14.4 Å². The van der Waals surface area contributed by atoms with Crippen molar-refractivity contribution in [2.24, 2.45) is 0 Å². The third kappa shape index (κ3) is 3.43. The van der Waals surface area contributed by atoms with Gasteiger partial charge >= 0.3 is 0 Å². The first-order chi connectivity index (χ1) is 14.5. The number of piperidine rings is 1. The molecule has 0 radical (unpaired) electrons. The maximum absolute atomic E-state index is 13.6. The molecule has 2 aliphatic heterocycles. The Balaban J connectivity index is 1.81. The molecule has 2 aromatic carbocycles. The van der Waals surface area contributed by atoms with Gasteiger partial charge in [-0.25, -0.2) is 4.90 Å². The molecule has 0 bridgehead atoms. The zero-order valence-corrected chi connectivity index (χ0v) is 17.6. The molecule has 0 saturated carbocycles. The lowest BCUT2D eigenvalue weighted by Crippen LogP contribution is -2.37. The molecule has 6 heteroatoms. The number of rotatable bonds is 5. The van der Waals surface area contributed by atoms with Crippen LogP contribution in [0.2, 0.25) is 0 Å². The van der Waals surface area contributed by atoms with Gasteiger partial charge in [-0.05, 0) is 43.9 Å². The molecule has 0 unspecified atom stereocenters. The Kier molecular flexibility index (Phi) is 5.48. The SMILES string of the molecule is COc1ccc(N2C(=O)C(c3ccc(C)cc3)=C(N3CCCCC3)C2=O)cc1OC.